The molecule has 0 bridgehead atoms. The van der Waals surface area contributed by atoms with E-state index >= 15 is 0 Å². The summed E-state index contributed by atoms with van der Waals surface area (Å²) < 4.78 is 11.0. The molecule has 4 nitrogen and oxygen atoms in total. The average Bonchev–Trinajstić information content (AvgIpc) is 2.80. The molecule has 0 aliphatic heterocycles. The first-order valence-electron chi connectivity index (χ1n) is 5.66. The predicted molar refractivity (Wildman–Crippen MR) is 65.9 cm³/mol. The molecule has 0 spiro atoms. The van der Waals surface area contributed by atoms with Gasteiger partial charge in [0.05, 0.1) is 19.3 Å². The van der Waals surface area contributed by atoms with Crippen LogP contribution in [0.25, 0.3) is 11.3 Å². The number of hydrogen-bond donors (Lipinski definition) is 1. The second-order valence-corrected chi connectivity index (χ2v) is 3.61. The van der Waals surface area contributed by atoms with Gasteiger partial charge in [-0.1, -0.05) is 0 Å². The summed E-state index contributed by atoms with van der Waals surface area (Å²) in [5.41, 5.74) is 1.00. The van der Waals surface area contributed by atoms with Gasteiger partial charge in [0.1, 0.15) is 5.75 Å². The zero-order valence-corrected chi connectivity index (χ0v) is 10.1. The highest BCUT2D eigenvalue weighted by Crippen LogP contribution is 2.23. The van der Waals surface area contributed by atoms with Gasteiger partial charge < -0.3 is 14.5 Å². The summed E-state index contributed by atoms with van der Waals surface area (Å²) in [5.74, 6) is 2.33. The highest BCUT2D eigenvalue weighted by Gasteiger charge is 2.05. The van der Waals surface area contributed by atoms with Crippen LogP contribution in [-0.4, -0.2) is 18.6 Å². The standard InChI is InChI=1S/C13H16N2O2/c1-3-16-11-6-4-10(5-7-11)12-8-15-13(17-12)9-14-2/h4-8,14H,3,9H2,1-2H3. The van der Waals surface area contributed by atoms with E-state index in [9.17, 15) is 0 Å². The van der Waals surface area contributed by atoms with E-state index in [1.165, 1.54) is 0 Å². The van der Waals surface area contributed by atoms with Crippen LogP contribution in [-0.2, 0) is 6.54 Å². The van der Waals surface area contributed by atoms with E-state index in [-0.39, 0.29) is 0 Å². The summed E-state index contributed by atoms with van der Waals surface area (Å²) in [6.07, 6.45) is 1.74. The fraction of sp³-hybridized carbons (Fsp3) is 0.308. The van der Waals surface area contributed by atoms with Crippen LogP contribution in [0.15, 0.2) is 34.9 Å². The molecule has 0 fully saturated rings. The second kappa shape index (κ2) is 5.50. The second-order valence-electron chi connectivity index (χ2n) is 3.61. The largest absolute Gasteiger partial charge is 0.494 e. The molecule has 1 aromatic carbocycles. The van der Waals surface area contributed by atoms with Crippen molar-refractivity contribution in [3.05, 3.63) is 36.4 Å². The van der Waals surface area contributed by atoms with E-state index < -0.39 is 0 Å². The minimum absolute atomic E-state index is 0.636. The molecule has 1 heterocycles. The molecule has 4 heteroatoms. The SMILES string of the molecule is CCOc1ccc(-c2cnc(CNC)o2)cc1. The van der Waals surface area contributed by atoms with Crippen molar-refractivity contribution in [1.29, 1.82) is 0 Å². The maximum Gasteiger partial charge on any atom is 0.208 e. The summed E-state index contributed by atoms with van der Waals surface area (Å²) >= 11 is 0. The van der Waals surface area contributed by atoms with Crippen molar-refractivity contribution in [3.8, 4) is 17.1 Å². The minimum atomic E-state index is 0.636. The van der Waals surface area contributed by atoms with Gasteiger partial charge >= 0.3 is 0 Å². The third-order valence-electron chi connectivity index (χ3n) is 2.33. The Morgan fingerprint density at radius 3 is 2.71 bits per heavy atom. The lowest BCUT2D eigenvalue weighted by atomic mass is 10.2. The maximum atomic E-state index is 5.60. The minimum Gasteiger partial charge on any atom is -0.494 e. The van der Waals surface area contributed by atoms with Crippen molar-refractivity contribution in [1.82, 2.24) is 10.3 Å². The molecule has 0 saturated heterocycles. The van der Waals surface area contributed by atoms with Gasteiger partial charge in [-0.3, -0.25) is 0 Å². The topological polar surface area (TPSA) is 47.3 Å². The number of benzene rings is 1. The molecule has 1 N–H and O–H groups in total. The normalized spacial score (nSPS) is 10.5. The Bertz CT molecular complexity index is 463. The molecular formula is C13H16N2O2. The lowest BCUT2D eigenvalue weighted by Gasteiger charge is -2.02. The predicted octanol–water partition coefficient (Wildman–Crippen LogP) is 2.46. The Kier molecular flexibility index (Phi) is 3.77. The zero-order valence-electron chi connectivity index (χ0n) is 10.1. The highest BCUT2D eigenvalue weighted by molar-refractivity contribution is 5.57. The highest BCUT2D eigenvalue weighted by atomic mass is 16.5. The number of nitrogens with zero attached hydrogens (tertiary/aromatic N) is 1. The molecule has 1 aromatic heterocycles. The van der Waals surface area contributed by atoms with Crippen LogP contribution in [0.2, 0.25) is 0 Å². The van der Waals surface area contributed by atoms with Crippen molar-refractivity contribution >= 4 is 0 Å². The molecule has 0 aliphatic carbocycles. The number of aromatic nitrogens is 1. The van der Waals surface area contributed by atoms with Crippen LogP contribution < -0.4 is 10.1 Å². The summed E-state index contributed by atoms with van der Waals surface area (Å²) in [7, 11) is 1.86. The van der Waals surface area contributed by atoms with E-state index in [1.54, 1.807) is 6.20 Å². The van der Waals surface area contributed by atoms with Crippen LogP contribution >= 0.6 is 0 Å². The Balaban J connectivity index is 2.15. The van der Waals surface area contributed by atoms with Gasteiger partial charge in [0.15, 0.2) is 5.76 Å². The number of hydrogen-bond acceptors (Lipinski definition) is 4. The molecule has 0 radical (unpaired) electrons. The van der Waals surface area contributed by atoms with Gasteiger partial charge in [-0.2, -0.15) is 0 Å². The first-order chi connectivity index (χ1) is 8.33. The fourth-order valence-corrected chi connectivity index (χ4v) is 1.56. The smallest absolute Gasteiger partial charge is 0.208 e. The third-order valence-corrected chi connectivity index (χ3v) is 2.33. The van der Waals surface area contributed by atoms with Crippen LogP contribution in [0.1, 0.15) is 12.8 Å². The van der Waals surface area contributed by atoms with Gasteiger partial charge in [0.2, 0.25) is 5.89 Å². The third kappa shape index (κ3) is 2.85. The molecule has 90 valence electrons. The summed E-state index contributed by atoms with van der Waals surface area (Å²) in [6.45, 7) is 3.28. The van der Waals surface area contributed by atoms with Crippen LogP contribution in [0.4, 0.5) is 0 Å². The number of rotatable bonds is 5. The van der Waals surface area contributed by atoms with Gasteiger partial charge in [-0.15, -0.1) is 0 Å². The van der Waals surface area contributed by atoms with Crippen molar-refractivity contribution in [2.24, 2.45) is 0 Å². The zero-order chi connectivity index (χ0) is 12.1. The average molecular weight is 232 g/mol. The lowest BCUT2D eigenvalue weighted by molar-refractivity contribution is 0.340. The summed E-state index contributed by atoms with van der Waals surface area (Å²) in [6, 6.07) is 7.79. The number of ether oxygens (including phenoxy) is 1. The molecule has 2 rings (SSSR count). The molecule has 0 atom stereocenters. The van der Waals surface area contributed by atoms with Gasteiger partial charge in [0.25, 0.3) is 0 Å². The number of oxazole rings is 1. The quantitative estimate of drug-likeness (QED) is 0.860. The summed E-state index contributed by atoms with van der Waals surface area (Å²) in [4.78, 5) is 4.18. The van der Waals surface area contributed by atoms with E-state index in [0.717, 1.165) is 17.1 Å². The molecule has 2 aromatic rings. The molecule has 0 aliphatic rings. The monoisotopic (exact) mass is 232 g/mol. The van der Waals surface area contributed by atoms with E-state index in [2.05, 4.69) is 10.3 Å². The molecule has 0 unspecified atom stereocenters. The van der Waals surface area contributed by atoms with Crippen LogP contribution in [0.5, 0.6) is 5.75 Å². The van der Waals surface area contributed by atoms with E-state index in [1.807, 2.05) is 38.2 Å². The van der Waals surface area contributed by atoms with Crippen molar-refractivity contribution < 1.29 is 9.15 Å². The van der Waals surface area contributed by atoms with E-state index in [4.69, 9.17) is 9.15 Å². The van der Waals surface area contributed by atoms with Gasteiger partial charge in [-0.25, -0.2) is 4.98 Å². The van der Waals surface area contributed by atoms with Crippen molar-refractivity contribution in [2.75, 3.05) is 13.7 Å². The summed E-state index contributed by atoms with van der Waals surface area (Å²) in [5, 5.41) is 3.00. The van der Waals surface area contributed by atoms with Crippen LogP contribution in [0.3, 0.4) is 0 Å². The Morgan fingerprint density at radius 2 is 2.06 bits per heavy atom. The van der Waals surface area contributed by atoms with Crippen molar-refractivity contribution in [2.45, 2.75) is 13.5 Å². The fourth-order valence-electron chi connectivity index (χ4n) is 1.56. The van der Waals surface area contributed by atoms with E-state index in [0.29, 0.717) is 19.0 Å². The molecule has 0 saturated carbocycles. The van der Waals surface area contributed by atoms with Gasteiger partial charge in [0, 0.05) is 5.56 Å². The Hall–Kier alpha value is -1.81. The molecule has 0 amide bonds. The molecular weight excluding hydrogens is 216 g/mol. The Morgan fingerprint density at radius 1 is 1.29 bits per heavy atom. The first kappa shape index (κ1) is 11.7. The van der Waals surface area contributed by atoms with Crippen LogP contribution in [0, 0.1) is 0 Å². The maximum absolute atomic E-state index is 5.60. The first-order valence-corrected chi connectivity index (χ1v) is 5.66. The lowest BCUT2D eigenvalue weighted by Crippen LogP contribution is -2.04. The Labute approximate surface area is 101 Å². The van der Waals surface area contributed by atoms with Gasteiger partial charge in [-0.05, 0) is 38.2 Å². The van der Waals surface area contributed by atoms with Crippen molar-refractivity contribution in [3.63, 3.8) is 0 Å². The molecule has 17 heavy (non-hydrogen) atoms. The number of nitrogens with one attached hydrogen (secondary N) is 1.